The average Bonchev–Trinajstić information content (AvgIpc) is 3.57. The van der Waals surface area contributed by atoms with Gasteiger partial charge in [-0.05, 0) is 63.2 Å². The normalized spacial score (nSPS) is 17.0. The third-order valence-corrected chi connectivity index (χ3v) is 7.33. The Bertz CT molecular complexity index is 1080. The molecule has 2 aliphatic heterocycles. The number of amides is 1. The van der Waals surface area contributed by atoms with Gasteiger partial charge in [-0.25, -0.2) is 4.79 Å². The van der Waals surface area contributed by atoms with Gasteiger partial charge in [0.15, 0.2) is 11.5 Å². The molecule has 0 bridgehead atoms. The number of aromatic nitrogens is 1. The molecule has 0 unspecified atom stereocenters. The smallest absolute Gasteiger partial charge is 0.409 e. The van der Waals surface area contributed by atoms with Crippen LogP contribution in [0.3, 0.4) is 0 Å². The number of aryl methyl sites for hydroxylation is 1. The highest BCUT2D eigenvalue weighted by Gasteiger charge is 2.31. The number of methoxy groups -OCH3 is 2. The molecule has 3 heterocycles. The van der Waals surface area contributed by atoms with Crippen LogP contribution < -0.4 is 14.8 Å². The van der Waals surface area contributed by atoms with Crippen molar-refractivity contribution in [2.75, 3.05) is 65.4 Å². The van der Waals surface area contributed by atoms with E-state index < -0.39 is 0 Å². The Hall–Kier alpha value is -3.27. The minimum absolute atomic E-state index is 0.246. The number of rotatable bonds is 9. The van der Waals surface area contributed by atoms with Crippen molar-refractivity contribution in [3.8, 4) is 11.5 Å². The average molecular weight is 515 g/mol. The number of ether oxygens (including phenoxy) is 3. The highest BCUT2D eigenvalue weighted by atomic mass is 16.5. The van der Waals surface area contributed by atoms with E-state index >= 15 is 0 Å². The molecule has 3 aliphatic rings. The fraction of sp³-hybridized carbons (Fsp3) is 0.593. The van der Waals surface area contributed by atoms with Crippen LogP contribution in [-0.4, -0.2) is 92.6 Å². The van der Waals surface area contributed by atoms with Crippen molar-refractivity contribution in [1.29, 1.82) is 0 Å². The molecule has 202 valence electrons. The number of carbonyl (C=O) groups excluding carboxylic acids is 1. The van der Waals surface area contributed by atoms with Gasteiger partial charge in [0.1, 0.15) is 0 Å². The van der Waals surface area contributed by atoms with Gasteiger partial charge in [-0.1, -0.05) is 0 Å². The number of hydrogen-bond donors (Lipinski definition) is 2. The number of fused-ring (bicyclic) bond motifs is 2. The molecule has 2 fully saturated rings. The summed E-state index contributed by atoms with van der Waals surface area (Å²) in [5.74, 6) is 1.93. The Kier molecular flexibility index (Phi) is 9.27. The van der Waals surface area contributed by atoms with Gasteiger partial charge in [-0.2, -0.15) is 0 Å². The first kappa shape index (κ1) is 26.8. The third-order valence-electron chi connectivity index (χ3n) is 7.33. The Morgan fingerprint density at radius 1 is 1.16 bits per heavy atom. The van der Waals surface area contributed by atoms with E-state index in [-0.39, 0.29) is 12.6 Å². The van der Waals surface area contributed by atoms with Crippen molar-refractivity contribution < 1.29 is 28.9 Å². The predicted molar refractivity (Wildman–Crippen MR) is 141 cm³/mol. The van der Waals surface area contributed by atoms with Crippen molar-refractivity contribution >= 4 is 29.2 Å². The number of carboxylic acid groups (broad SMARTS) is 1. The van der Waals surface area contributed by atoms with Gasteiger partial charge in [0.2, 0.25) is 0 Å². The molecule has 0 spiro atoms. The van der Waals surface area contributed by atoms with Crippen LogP contribution >= 0.6 is 0 Å². The van der Waals surface area contributed by atoms with E-state index in [0.29, 0.717) is 12.5 Å². The number of anilines is 1. The summed E-state index contributed by atoms with van der Waals surface area (Å²) < 4.78 is 16.7. The van der Waals surface area contributed by atoms with E-state index in [1.165, 1.54) is 44.3 Å². The van der Waals surface area contributed by atoms with Crippen LogP contribution in [0.25, 0.3) is 10.9 Å². The second kappa shape index (κ2) is 12.8. The second-order valence-corrected chi connectivity index (χ2v) is 9.76. The van der Waals surface area contributed by atoms with Crippen LogP contribution in [0.15, 0.2) is 12.1 Å². The lowest BCUT2D eigenvalue weighted by molar-refractivity contribution is -0.122. The topological polar surface area (TPSA) is 113 Å². The van der Waals surface area contributed by atoms with Crippen molar-refractivity contribution in [3.05, 3.63) is 23.4 Å². The lowest BCUT2D eigenvalue weighted by Gasteiger charge is -2.38. The van der Waals surface area contributed by atoms with Crippen molar-refractivity contribution in [2.45, 2.75) is 38.5 Å². The zero-order chi connectivity index (χ0) is 26.2. The predicted octanol–water partition coefficient (Wildman–Crippen LogP) is 3.41. The number of pyridine rings is 1. The summed E-state index contributed by atoms with van der Waals surface area (Å²) >= 11 is 0. The maximum Gasteiger partial charge on any atom is 0.409 e. The zero-order valence-corrected chi connectivity index (χ0v) is 21.8. The molecule has 10 heteroatoms. The molecule has 1 amide bonds. The number of carbonyl (C=O) groups is 2. The minimum atomic E-state index is -0.250. The molecule has 1 aromatic heterocycles. The molecule has 2 N–H and O–H groups in total. The first-order valence-corrected chi connectivity index (χ1v) is 13.1. The third kappa shape index (κ3) is 6.36. The fourth-order valence-corrected chi connectivity index (χ4v) is 5.44. The summed E-state index contributed by atoms with van der Waals surface area (Å²) in [6, 6.07) is 4.11. The molecule has 0 atom stereocenters. The van der Waals surface area contributed by atoms with Gasteiger partial charge in [0.25, 0.3) is 6.47 Å². The minimum Gasteiger partial charge on any atom is -0.493 e. The lowest BCUT2D eigenvalue weighted by Crippen LogP contribution is -2.52. The molecule has 37 heavy (non-hydrogen) atoms. The summed E-state index contributed by atoms with van der Waals surface area (Å²) in [6.45, 7) is 6.21. The Morgan fingerprint density at radius 2 is 1.92 bits per heavy atom. The van der Waals surface area contributed by atoms with Crippen LogP contribution in [0.4, 0.5) is 10.5 Å². The standard InChI is InChI=1S/C26H36N4O4.CH2O2/c1-32-23-13-20-22(14-24(23)34-12-6-11-29-9-3-4-10-29)28-21-8-5-7-19(21)25(20)27-15-18-16-30(17-18)26(31)33-2;2-1-3/h13-14,18H,3-12,15-17H2,1-2H3,(H,27,28);1H,(H,2,3). The molecule has 2 aromatic rings. The summed E-state index contributed by atoms with van der Waals surface area (Å²) in [7, 11) is 3.13. The maximum atomic E-state index is 11.7. The molecule has 2 saturated heterocycles. The Balaban J connectivity index is 0.00000102. The number of likely N-dealkylation sites (tertiary alicyclic amines) is 2. The second-order valence-electron chi connectivity index (χ2n) is 9.76. The molecule has 5 rings (SSSR count). The van der Waals surface area contributed by atoms with Gasteiger partial charge < -0.3 is 34.4 Å². The zero-order valence-electron chi connectivity index (χ0n) is 21.8. The van der Waals surface area contributed by atoms with Crippen molar-refractivity contribution in [2.24, 2.45) is 5.92 Å². The van der Waals surface area contributed by atoms with E-state index in [2.05, 4.69) is 16.3 Å². The van der Waals surface area contributed by atoms with Gasteiger partial charge >= 0.3 is 6.09 Å². The van der Waals surface area contributed by atoms with E-state index in [1.807, 2.05) is 6.07 Å². The first-order valence-electron chi connectivity index (χ1n) is 13.1. The quantitative estimate of drug-likeness (QED) is 0.384. The fourth-order valence-electron chi connectivity index (χ4n) is 5.44. The number of nitrogens with zero attached hydrogens (tertiary/aromatic N) is 3. The summed E-state index contributed by atoms with van der Waals surface area (Å²) in [4.78, 5) is 29.3. The number of benzene rings is 1. The SMILES string of the molecule is COC(=O)N1CC(CNc2c3c(nc4cc(OCCCN5CCCC5)c(OC)cc24)CCC3)C1.O=CO. The van der Waals surface area contributed by atoms with E-state index in [4.69, 9.17) is 29.1 Å². The molecule has 10 nitrogen and oxygen atoms in total. The Morgan fingerprint density at radius 3 is 2.62 bits per heavy atom. The van der Waals surface area contributed by atoms with Crippen LogP contribution in [0.1, 0.15) is 36.9 Å². The summed E-state index contributed by atoms with van der Waals surface area (Å²) in [5, 5.41) is 11.7. The maximum absolute atomic E-state index is 11.7. The van der Waals surface area contributed by atoms with Crippen LogP contribution in [0.5, 0.6) is 11.5 Å². The van der Waals surface area contributed by atoms with Crippen LogP contribution in [0.2, 0.25) is 0 Å². The van der Waals surface area contributed by atoms with E-state index in [1.54, 1.807) is 12.0 Å². The van der Waals surface area contributed by atoms with Crippen molar-refractivity contribution in [1.82, 2.24) is 14.8 Å². The van der Waals surface area contributed by atoms with E-state index in [0.717, 1.165) is 80.0 Å². The van der Waals surface area contributed by atoms with Gasteiger partial charge in [0.05, 0.1) is 26.3 Å². The molecule has 0 radical (unpaired) electrons. The Labute approximate surface area is 217 Å². The van der Waals surface area contributed by atoms with Crippen LogP contribution in [-0.2, 0) is 22.4 Å². The van der Waals surface area contributed by atoms with Gasteiger partial charge in [-0.3, -0.25) is 9.78 Å². The van der Waals surface area contributed by atoms with Gasteiger partial charge in [0, 0.05) is 54.9 Å². The number of nitrogens with one attached hydrogen (secondary N) is 1. The summed E-state index contributed by atoms with van der Waals surface area (Å²) in [6.07, 6.45) is 6.57. The van der Waals surface area contributed by atoms with Crippen molar-refractivity contribution in [3.63, 3.8) is 0 Å². The number of hydrogen-bond acceptors (Lipinski definition) is 8. The molecule has 1 aromatic carbocycles. The van der Waals surface area contributed by atoms with Gasteiger partial charge in [-0.15, -0.1) is 0 Å². The summed E-state index contributed by atoms with van der Waals surface area (Å²) in [5.41, 5.74) is 4.61. The molecular formula is C27H38N4O6. The van der Waals surface area contributed by atoms with E-state index in [9.17, 15) is 4.79 Å². The largest absolute Gasteiger partial charge is 0.493 e. The monoisotopic (exact) mass is 514 g/mol. The highest BCUT2D eigenvalue weighted by Crippen LogP contribution is 2.40. The lowest BCUT2D eigenvalue weighted by atomic mass is 10.00. The first-order chi connectivity index (χ1) is 18.1. The molecular weight excluding hydrogens is 476 g/mol. The molecule has 0 saturated carbocycles. The highest BCUT2D eigenvalue weighted by molar-refractivity contribution is 5.96. The van der Waals surface area contributed by atoms with Crippen LogP contribution in [0, 0.1) is 5.92 Å². The molecule has 1 aliphatic carbocycles.